The Balaban J connectivity index is 2.05. The number of piperidine rings is 1. The standard InChI is InChI=1S/C16H25NO3S/c1-16(2,3)15(18)13-9-11-17(12-10-13)21(19,20)14-7-5-4-6-8-14/h4-8,13,15,18H,9-12H2,1-3H3. The van der Waals surface area contributed by atoms with Gasteiger partial charge < -0.3 is 5.11 Å². The van der Waals surface area contributed by atoms with Crippen LogP contribution in [0.25, 0.3) is 0 Å². The van der Waals surface area contributed by atoms with Crippen molar-refractivity contribution in [2.45, 2.75) is 44.6 Å². The SMILES string of the molecule is CC(C)(C)C(O)C1CCN(S(=O)(=O)c2ccccc2)CC1. The second kappa shape index (κ2) is 6.07. The van der Waals surface area contributed by atoms with E-state index in [1.165, 1.54) is 4.31 Å². The van der Waals surface area contributed by atoms with Gasteiger partial charge in [0.25, 0.3) is 0 Å². The van der Waals surface area contributed by atoms with Gasteiger partial charge >= 0.3 is 0 Å². The van der Waals surface area contributed by atoms with Crippen molar-refractivity contribution in [3.05, 3.63) is 30.3 Å². The van der Waals surface area contributed by atoms with E-state index in [0.717, 1.165) is 0 Å². The van der Waals surface area contributed by atoms with E-state index in [-0.39, 0.29) is 17.4 Å². The molecule has 118 valence electrons. The molecule has 1 aromatic carbocycles. The fourth-order valence-electron chi connectivity index (χ4n) is 2.88. The van der Waals surface area contributed by atoms with Crippen LogP contribution in [0.15, 0.2) is 35.2 Å². The van der Waals surface area contributed by atoms with Crippen LogP contribution >= 0.6 is 0 Å². The molecule has 1 N–H and O–H groups in total. The van der Waals surface area contributed by atoms with Crippen molar-refractivity contribution in [3.8, 4) is 0 Å². The second-order valence-electron chi connectivity index (χ2n) is 6.87. The van der Waals surface area contributed by atoms with Crippen molar-refractivity contribution in [3.63, 3.8) is 0 Å². The lowest BCUT2D eigenvalue weighted by Crippen LogP contribution is -2.44. The third-order valence-corrected chi connectivity index (χ3v) is 6.13. The molecule has 21 heavy (non-hydrogen) atoms. The lowest BCUT2D eigenvalue weighted by atomic mass is 9.77. The third-order valence-electron chi connectivity index (χ3n) is 4.21. The molecule has 4 nitrogen and oxygen atoms in total. The van der Waals surface area contributed by atoms with E-state index in [4.69, 9.17) is 0 Å². The summed E-state index contributed by atoms with van der Waals surface area (Å²) >= 11 is 0. The molecule has 1 unspecified atom stereocenters. The van der Waals surface area contributed by atoms with Gasteiger partial charge in [0.2, 0.25) is 10.0 Å². The van der Waals surface area contributed by atoms with Crippen LogP contribution in [0.5, 0.6) is 0 Å². The monoisotopic (exact) mass is 311 g/mol. The number of rotatable bonds is 3. The highest BCUT2D eigenvalue weighted by atomic mass is 32.2. The first-order chi connectivity index (χ1) is 9.73. The van der Waals surface area contributed by atoms with Crippen LogP contribution < -0.4 is 0 Å². The van der Waals surface area contributed by atoms with Crippen LogP contribution in [-0.4, -0.2) is 37.0 Å². The average molecular weight is 311 g/mol. The fraction of sp³-hybridized carbons (Fsp3) is 0.625. The lowest BCUT2D eigenvalue weighted by Gasteiger charge is -2.38. The van der Waals surface area contributed by atoms with E-state index in [2.05, 4.69) is 0 Å². The molecule has 0 amide bonds. The fourth-order valence-corrected chi connectivity index (χ4v) is 4.37. The first-order valence-corrected chi connectivity index (χ1v) is 8.90. The molecule has 1 aliphatic heterocycles. The first kappa shape index (κ1) is 16.5. The number of hydrogen-bond acceptors (Lipinski definition) is 3. The molecular weight excluding hydrogens is 286 g/mol. The molecule has 1 saturated heterocycles. The Labute approximate surface area is 127 Å². The van der Waals surface area contributed by atoms with Crippen LogP contribution in [0.2, 0.25) is 0 Å². The Morgan fingerprint density at radius 3 is 2.14 bits per heavy atom. The summed E-state index contributed by atoms with van der Waals surface area (Å²) < 4.78 is 26.6. The topological polar surface area (TPSA) is 57.6 Å². The van der Waals surface area contributed by atoms with E-state index in [0.29, 0.717) is 30.8 Å². The number of nitrogens with zero attached hydrogens (tertiary/aromatic N) is 1. The summed E-state index contributed by atoms with van der Waals surface area (Å²) in [4.78, 5) is 0.347. The van der Waals surface area contributed by atoms with Crippen molar-refractivity contribution in [2.75, 3.05) is 13.1 Å². The summed E-state index contributed by atoms with van der Waals surface area (Å²) in [5.41, 5.74) is -0.162. The zero-order chi connectivity index (χ0) is 15.7. The maximum atomic E-state index is 12.5. The highest BCUT2D eigenvalue weighted by molar-refractivity contribution is 7.89. The molecule has 0 bridgehead atoms. The van der Waals surface area contributed by atoms with Crippen LogP contribution in [0, 0.1) is 11.3 Å². The summed E-state index contributed by atoms with van der Waals surface area (Å²) in [5, 5.41) is 10.3. The minimum Gasteiger partial charge on any atom is -0.392 e. The lowest BCUT2D eigenvalue weighted by molar-refractivity contribution is -0.00573. The van der Waals surface area contributed by atoms with Gasteiger partial charge in [0, 0.05) is 13.1 Å². The zero-order valence-electron chi connectivity index (χ0n) is 13.0. The van der Waals surface area contributed by atoms with E-state index in [9.17, 15) is 13.5 Å². The number of sulfonamides is 1. The van der Waals surface area contributed by atoms with Gasteiger partial charge in [0.15, 0.2) is 0 Å². The largest absolute Gasteiger partial charge is 0.392 e. The summed E-state index contributed by atoms with van der Waals surface area (Å²) in [6, 6.07) is 8.55. The van der Waals surface area contributed by atoms with Gasteiger partial charge in [0.05, 0.1) is 11.0 Å². The molecule has 1 aliphatic rings. The number of hydrogen-bond donors (Lipinski definition) is 1. The molecule has 0 radical (unpaired) electrons. The Kier molecular flexibility index (Phi) is 4.76. The molecule has 0 aliphatic carbocycles. The smallest absolute Gasteiger partial charge is 0.243 e. The van der Waals surface area contributed by atoms with E-state index in [1.807, 2.05) is 26.8 Å². The van der Waals surface area contributed by atoms with Crippen molar-refractivity contribution in [1.29, 1.82) is 0 Å². The van der Waals surface area contributed by atoms with Crippen LogP contribution in [0.4, 0.5) is 0 Å². The molecule has 1 fully saturated rings. The van der Waals surface area contributed by atoms with Crippen molar-refractivity contribution in [2.24, 2.45) is 11.3 Å². The minimum absolute atomic E-state index is 0.162. The summed E-state index contributed by atoms with van der Waals surface area (Å²) in [7, 11) is -3.39. The molecular formula is C16H25NO3S. The molecule has 0 aromatic heterocycles. The molecule has 0 spiro atoms. The molecule has 0 saturated carbocycles. The van der Waals surface area contributed by atoms with E-state index in [1.54, 1.807) is 24.3 Å². The Hall–Kier alpha value is -0.910. The van der Waals surface area contributed by atoms with Crippen LogP contribution in [0.1, 0.15) is 33.6 Å². The van der Waals surface area contributed by atoms with Gasteiger partial charge in [0.1, 0.15) is 0 Å². The van der Waals surface area contributed by atoms with Gasteiger partial charge in [-0.25, -0.2) is 8.42 Å². The summed E-state index contributed by atoms with van der Waals surface area (Å²) in [6.07, 6.45) is 1.04. The molecule has 5 heteroatoms. The highest BCUT2D eigenvalue weighted by Gasteiger charge is 2.36. The van der Waals surface area contributed by atoms with Gasteiger partial charge in [-0.05, 0) is 36.3 Å². The maximum absolute atomic E-state index is 12.5. The van der Waals surface area contributed by atoms with Crippen LogP contribution in [-0.2, 0) is 10.0 Å². The molecule has 2 rings (SSSR count). The van der Waals surface area contributed by atoms with E-state index >= 15 is 0 Å². The van der Waals surface area contributed by atoms with Crippen molar-refractivity contribution < 1.29 is 13.5 Å². The average Bonchev–Trinajstić information content (AvgIpc) is 2.46. The Bertz CT molecular complexity index is 555. The second-order valence-corrected chi connectivity index (χ2v) is 8.80. The summed E-state index contributed by atoms with van der Waals surface area (Å²) in [5.74, 6) is 0.173. The first-order valence-electron chi connectivity index (χ1n) is 7.46. The quantitative estimate of drug-likeness (QED) is 0.933. The Morgan fingerprint density at radius 2 is 1.67 bits per heavy atom. The van der Waals surface area contributed by atoms with Gasteiger partial charge in [-0.1, -0.05) is 39.0 Å². The van der Waals surface area contributed by atoms with Gasteiger partial charge in [-0.15, -0.1) is 0 Å². The number of aliphatic hydroxyl groups is 1. The van der Waals surface area contributed by atoms with Gasteiger partial charge in [-0.3, -0.25) is 0 Å². The third kappa shape index (κ3) is 3.65. The van der Waals surface area contributed by atoms with E-state index < -0.39 is 10.0 Å². The van der Waals surface area contributed by atoms with Crippen molar-refractivity contribution >= 4 is 10.0 Å². The number of aliphatic hydroxyl groups excluding tert-OH is 1. The highest BCUT2D eigenvalue weighted by Crippen LogP contribution is 2.33. The molecule has 1 aromatic rings. The van der Waals surface area contributed by atoms with Crippen LogP contribution in [0.3, 0.4) is 0 Å². The van der Waals surface area contributed by atoms with Crippen molar-refractivity contribution in [1.82, 2.24) is 4.31 Å². The maximum Gasteiger partial charge on any atom is 0.243 e. The minimum atomic E-state index is -3.39. The molecule has 1 heterocycles. The normalized spacial score (nSPS) is 20.4. The Morgan fingerprint density at radius 1 is 1.14 bits per heavy atom. The van der Waals surface area contributed by atoms with Gasteiger partial charge in [-0.2, -0.15) is 4.31 Å². The zero-order valence-corrected chi connectivity index (χ0v) is 13.8. The predicted octanol–water partition coefficient (Wildman–Crippen LogP) is 2.49. The predicted molar refractivity (Wildman–Crippen MR) is 83.4 cm³/mol. The number of benzene rings is 1. The summed E-state index contributed by atoms with van der Waals surface area (Å²) in [6.45, 7) is 7.02. The molecule has 1 atom stereocenters.